The zero-order valence-electron chi connectivity index (χ0n) is 16.1. The van der Waals surface area contributed by atoms with Crippen LogP contribution in [0.15, 0.2) is 40.1 Å². The Hall–Kier alpha value is -2.12. The number of hydrogen-bond acceptors (Lipinski definition) is 5. The first kappa shape index (κ1) is 19.6. The summed E-state index contributed by atoms with van der Waals surface area (Å²) >= 11 is 1.74. The predicted octanol–water partition coefficient (Wildman–Crippen LogP) is 2.84. The SMILES string of the molecule is CCNC(=NCc1cccnc1N1CCOCC1)NCC(C)c1ccsc1. The number of pyridine rings is 1. The number of nitrogens with zero attached hydrogens (tertiary/aromatic N) is 3. The van der Waals surface area contributed by atoms with E-state index >= 15 is 0 Å². The van der Waals surface area contributed by atoms with Gasteiger partial charge in [-0.05, 0) is 41.3 Å². The number of guanidine groups is 1. The first-order valence-corrected chi connectivity index (χ1v) is 10.5. The third-order valence-corrected chi connectivity index (χ3v) is 5.32. The van der Waals surface area contributed by atoms with E-state index in [9.17, 15) is 0 Å². The molecular weight excluding hydrogens is 358 g/mol. The maximum Gasteiger partial charge on any atom is 0.191 e. The zero-order chi connectivity index (χ0) is 18.9. The molecule has 27 heavy (non-hydrogen) atoms. The van der Waals surface area contributed by atoms with Crippen LogP contribution >= 0.6 is 11.3 Å². The highest BCUT2D eigenvalue weighted by atomic mass is 32.1. The lowest BCUT2D eigenvalue weighted by Gasteiger charge is -2.29. The largest absolute Gasteiger partial charge is 0.378 e. The van der Waals surface area contributed by atoms with Crippen LogP contribution in [0.5, 0.6) is 0 Å². The van der Waals surface area contributed by atoms with E-state index < -0.39 is 0 Å². The van der Waals surface area contributed by atoms with Crippen molar-refractivity contribution < 1.29 is 4.74 Å². The molecule has 1 aliphatic heterocycles. The van der Waals surface area contributed by atoms with E-state index in [1.54, 1.807) is 11.3 Å². The molecule has 0 aromatic carbocycles. The van der Waals surface area contributed by atoms with Crippen LogP contribution in [0.3, 0.4) is 0 Å². The number of hydrogen-bond donors (Lipinski definition) is 2. The van der Waals surface area contributed by atoms with Crippen molar-refractivity contribution in [1.29, 1.82) is 0 Å². The van der Waals surface area contributed by atoms with Crippen LogP contribution in [0.25, 0.3) is 0 Å². The Kier molecular flexibility index (Phi) is 7.47. The van der Waals surface area contributed by atoms with Gasteiger partial charge in [0.1, 0.15) is 5.82 Å². The molecule has 2 aromatic heterocycles. The fourth-order valence-corrected chi connectivity index (χ4v) is 3.82. The van der Waals surface area contributed by atoms with Gasteiger partial charge in [-0.15, -0.1) is 0 Å². The average molecular weight is 388 g/mol. The summed E-state index contributed by atoms with van der Waals surface area (Å²) in [5.41, 5.74) is 2.51. The van der Waals surface area contributed by atoms with Gasteiger partial charge >= 0.3 is 0 Å². The lowest BCUT2D eigenvalue weighted by Crippen LogP contribution is -2.39. The molecule has 3 rings (SSSR count). The minimum absolute atomic E-state index is 0.447. The van der Waals surface area contributed by atoms with E-state index in [2.05, 4.69) is 57.3 Å². The number of nitrogens with one attached hydrogen (secondary N) is 2. The van der Waals surface area contributed by atoms with Crippen LogP contribution in [0.4, 0.5) is 5.82 Å². The second-order valence-electron chi connectivity index (χ2n) is 6.62. The molecular formula is C20H29N5OS. The summed E-state index contributed by atoms with van der Waals surface area (Å²) in [6.07, 6.45) is 1.85. The summed E-state index contributed by atoms with van der Waals surface area (Å²) in [6, 6.07) is 6.28. The smallest absolute Gasteiger partial charge is 0.191 e. The number of aromatic nitrogens is 1. The Morgan fingerprint density at radius 3 is 2.93 bits per heavy atom. The number of anilines is 1. The van der Waals surface area contributed by atoms with E-state index in [0.29, 0.717) is 12.5 Å². The van der Waals surface area contributed by atoms with Crippen LogP contribution in [0, 0.1) is 0 Å². The molecule has 6 nitrogen and oxygen atoms in total. The standard InChI is InChI=1S/C20H29N5OS/c1-3-21-20(23-13-16(2)18-6-12-27-15-18)24-14-17-5-4-7-22-19(17)25-8-10-26-11-9-25/h4-7,12,15-16H,3,8-11,13-14H2,1-2H3,(H2,21,23,24). The van der Waals surface area contributed by atoms with E-state index in [-0.39, 0.29) is 0 Å². The van der Waals surface area contributed by atoms with Crippen molar-refractivity contribution in [3.8, 4) is 0 Å². The van der Waals surface area contributed by atoms with Crippen molar-refractivity contribution in [1.82, 2.24) is 15.6 Å². The lowest BCUT2D eigenvalue weighted by molar-refractivity contribution is 0.122. The molecule has 7 heteroatoms. The quantitative estimate of drug-likeness (QED) is 0.565. The van der Waals surface area contributed by atoms with Gasteiger partial charge in [0, 0.05) is 37.9 Å². The molecule has 0 aliphatic carbocycles. The van der Waals surface area contributed by atoms with Crippen LogP contribution in [0.2, 0.25) is 0 Å². The molecule has 0 spiro atoms. The Morgan fingerprint density at radius 1 is 1.33 bits per heavy atom. The topological polar surface area (TPSA) is 61.8 Å². The summed E-state index contributed by atoms with van der Waals surface area (Å²) in [5, 5.41) is 11.1. The summed E-state index contributed by atoms with van der Waals surface area (Å²) in [7, 11) is 0. The molecule has 1 aliphatic rings. The number of rotatable bonds is 7. The highest BCUT2D eigenvalue weighted by molar-refractivity contribution is 7.07. The van der Waals surface area contributed by atoms with Crippen molar-refractivity contribution in [2.75, 3.05) is 44.3 Å². The molecule has 2 aromatic rings. The second kappa shape index (κ2) is 10.3. The summed E-state index contributed by atoms with van der Waals surface area (Å²) in [5.74, 6) is 2.31. The predicted molar refractivity (Wildman–Crippen MR) is 113 cm³/mol. The third kappa shape index (κ3) is 5.68. The van der Waals surface area contributed by atoms with Crippen LogP contribution < -0.4 is 15.5 Å². The van der Waals surface area contributed by atoms with Gasteiger partial charge < -0.3 is 20.3 Å². The molecule has 1 saturated heterocycles. The van der Waals surface area contributed by atoms with Gasteiger partial charge in [-0.1, -0.05) is 13.0 Å². The monoisotopic (exact) mass is 387 g/mol. The summed E-state index contributed by atoms with van der Waals surface area (Å²) in [6.45, 7) is 9.87. The van der Waals surface area contributed by atoms with Crippen LogP contribution in [-0.4, -0.2) is 50.3 Å². The van der Waals surface area contributed by atoms with Gasteiger partial charge in [0.05, 0.1) is 19.8 Å². The number of morpholine rings is 1. The van der Waals surface area contributed by atoms with E-state index in [4.69, 9.17) is 9.73 Å². The normalized spacial score (nSPS) is 16.2. The highest BCUT2D eigenvalue weighted by Gasteiger charge is 2.15. The number of thiophene rings is 1. The minimum Gasteiger partial charge on any atom is -0.378 e. The van der Waals surface area contributed by atoms with Crippen molar-refractivity contribution in [2.45, 2.75) is 26.3 Å². The molecule has 0 amide bonds. The average Bonchev–Trinajstić information content (AvgIpc) is 3.26. The molecule has 3 heterocycles. The van der Waals surface area contributed by atoms with E-state index in [1.807, 2.05) is 12.3 Å². The minimum atomic E-state index is 0.447. The van der Waals surface area contributed by atoms with Gasteiger partial charge in [-0.25, -0.2) is 9.98 Å². The first-order valence-electron chi connectivity index (χ1n) is 9.58. The highest BCUT2D eigenvalue weighted by Crippen LogP contribution is 2.19. The molecule has 1 atom stereocenters. The molecule has 0 radical (unpaired) electrons. The lowest BCUT2D eigenvalue weighted by atomic mass is 10.1. The van der Waals surface area contributed by atoms with Crippen LogP contribution in [-0.2, 0) is 11.3 Å². The molecule has 1 fully saturated rings. The second-order valence-corrected chi connectivity index (χ2v) is 7.40. The molecule has 0 bridgehead atoms. The molecule has 146 valence electrons. The van der Waals surface area contributed by atoms with Crippen molar-refractivity contribution in [3.63, 3.8) is 0 Å². The van der Waals surface area contributed by atoms with Crippen LogP contribution in [0.1, 0.15) is 30.9 Å². The number of ether oxygens (including phenoxy) is 1. The summed E-state index contributed by atoms with van der Waals surface area (Å²) in [4.78, 5) is 11.7. The summed E-state index contributed by atoms with van der Waals surface area (Å²) < 4.78 is 5.46. The molecule has 1 unspecified atom stereocenters. The third-order valence-electron chi connectivity index (χ3n) is 4.62. The van der Waals surface area contributed by atoms with Gasteiger partial charge in [0.2, 0.25) is 0 Å². The van der Waals surface area contributed by atoms with Gasteiger partial charge in [0.25, 0.3) is 0 Å². The number of aliphatic imine (C=N–C) groups is 1. The van der Waals surface area contributed by atoms with Gasteiger partial charge in [-0.3, -0.25) is 0 Å². The maximum atomic E-state index is 5.46. The Morgan fingerprint density at radius 2 is 2.19 bits per heavy atom. The van der Waals surface area contributed by atoms with Crippen molar-refractivity contribution in [2.24, 2.45) is 4.99 Å². The Balaban J connectivity index is 1.64. The fraction of sp³-hybridized carbons (Fsp3) is 0.500. The zero-order valence-corrected chi connectivity index (χ0v) is 17.0. The van der Waals surface area contributed by atoms with Gasteiger partial charge in [-0.2, -0.15) is 11.3 Å². The maximum absolute atomic E-state index is 5.46. The van der Waals surface area contributed by atoms with E-state index in [0.717, 1.165) is 56.7 Å². The van der Waals surface area contributed by atoms with E-state index in [1.165, 1.54) is 5.56 Å². The van der Waals surface area contributed by atoms with Gasteiger partial charge in [0.15, 0.2) is 5.96 Å². The van der Waals surface area contributed by atoms with Crippen molar-refractivity contribution >= 4 is 23.1 Å². The molecule has 2 N–H and O–H groups in total. The Bertz CT molecular complexity index is 713. The Labute approximate surface area is 165 Å². The first-order chi connectivity index (χ1) is 13.3. The fourth-order valence-electron chi connectivity index (χ4n) is 3.04. The molecule has 0 saturated carbocycles. The van der Waals surface area contributed by atoms with Crippen molar-refractivity contribution in [3.05, 3.63) is 46.3 Å².